The zero-order valence-electron chi connectivity index (χ0n) is 36.2. The molecule has 312 valence electrons. The number of aliphatic imine (C=N–C) groups is 1. The van der Waals surface area contributed by atoms with Crippen molar-refractivity contribution in [1.82, 2.24) is 4.57 Å². The Labute approximate surface area is 380 Å². The van der Waals surface area contributed by atoms with E-state index in [1.807, 2.05) is 12.1 Å². The fraction of sp³-hybridized carbons (Fsp3) is 0.0806. The van der Waals surface area contributed by atoms with Crippen LogP contribution < -0.4 is 0 Å². The molecule has 4 nitrogen and oxygen atoms in total. The fourth-order valence-electron chi connectivity index (χ4n) is 11.2. The number of rotatable bonds is 4. The molecular weight excluding hydrogens is 805 g/mol. The fourth-order valence-corrected chi connectivity index (χ4v) is 11.2. The van der Waals surface area contributed by atoms with Crippen molar-refractivity contribution >= 4 is 109 Å². The third-order valence-electron chi connectivity index (χ3n) is 14.3. The molecule has 14 rings (SSSR count). The van der Waals surface area contributed by atoms with Gasteiger partial charge in [-0.2, -0.15) is 0 Å². The molecule has 3 aromatic heterocycles. The first-order chi connectivity index (χ1) is 32.7. The molecule has 0 bridgehead atoms. The van der Waals surface area contributed by atoms with E-state index in [4.69, 9.17) is 13.8 Å². The number of nitrogens with zero attached hydrogens (tertiary/aromatic N) is 2. The molecule has 1 unspecified atom stereocenters. The van der Waals surface area contributed by atoms with Gasteiger partial charge >= 0.3 is 0 Å². The van der Waals surface area contributed by atoms with Crippen LogP contribution in [-0.4, -0.2) is 10.3 Å². The van der Waals surface area contributed by atoms with Gasteiger partial charge in [-0.15, -0.1) is 0 Å². The number of para-hydroxylation sites is 2. The van der Waals surface area contributed by atoms with Crippen LogP contribution in [0.25, 0.3) is 109 Å². The average molecular weight is 847 g/mol. The van der Waals surface area contributed by atoms with Crippen LogP contribution in [0.3, 0.4) is 0 Å². The lowest BCUT2D eigenvalue weighted by atomic mass is 9.86. The summed E-state index contributed by atoms with van der Waals surface area (Å²) in [5.74, 6) is 0.329. The molecule has 0 saturated carbocycles. The summed E-state index contributed by atoms with van der Waals surface area (Å²) in [5, 5.41) is 14.4. The summed E-state index contributed by atoms with van der Waals surface area (Å²) >= 11 is 0. The van der Waals surface area contributed by atoms with Gasteiger partial charge < -0.3 is 13.4 Å². The molecule has 1 atom stereocenters. The maximum absolute atomic E-state index is 7.09. The van der Waals surface area contributed by atoms with Crippen LogP contribution in [0.2, 0.25) is 0 Å². The molecule has 0 fully saturated rings. The molecule has 0 aliphatic carbocycles. The van der Waals surface area contributed by atoms with Crippen molar-refractivity contribution < 1.29 is 8.83 Å². The molecule has 0 spiro atoms. The van der Waals surface area contributed by atoms with Crippen LogP contribution in [-0.2, 0) is 0 Å². The van der Waals surface area contributed by atoms with E-state index in [1.165, 1.54) is 48.7 Å². The predicted octanol–water partition coefficient (Wildman–Crippen LogP) is 17.2. The minimum absolute atomic E-state index is 0.329. The highest BCUT2D eigenvalue weighted by atomic mass is 16.3. The van der Waals surface area contributed by atoms with Gasteiger partial charge in [0.25, 0.3) is 0 Å². The molecule has 1 aliphatic heterocycles. The molecule has 0 amide bonds. The minimum Gasteiger partial charge on any atom is -0.456 e. The van der Waals surface area contributed by atoms with E-state index in [9.17, 15) is 0 Å². The lowest BCUT2D eigenvalue weighted by molar-refractivity contribution is 0.613. The molecule has 0 saturated heterocycles. The van der Waals surface area contributed by atoms with Gasteiger partial charge in [-0.3, -0.25) is 4.99 Å². The monoisotopic (exact) mass is 846 g/mol. The minimum atomic E-state index is 0.329. The number of benzene rings is 10. The summed E-state index contributed by atoms with van der Waals surface area (Å²) in [4.78, 5) is 5.77. The highest BCUT2D eigenvalue weighted by Crippen LogP contribution is 2.44. The van der Waals surface area contributed by atoms with Crippen LogP contribution in [0.5, 0.6) is 0 Å². The number of hydrogen-bond donors (Lipinski definition) is 0. The quantitative estimate of drug-likeness (QED) is 0.177. The number of fused-ring (bicyclic) bond motifs is 13. The topological polar surface area (TPSA) is 43.6 Å². The van der Waals surface area contributed by atoms with Gasteiger partial charge in [0.1, 0.15) is 16.7 Å². The third-order valence-corrected chi connectivity index (χ3v) is 14.3. The smallest absolute Gasteiger partial charge is 0.160 e. The second kappa shape index (κ2) is 14.7. The number of furan rings is 2. The van der Waals surface area contributed by atoms with Gasteiger partial charge in [-0.1, -0.05) is 152 Å². The Hall–Kier alpha value is -8.21. The summed E-state index contributed by atoms with van der Waals surface area (Å²) in [6, 6.07) is 70.3. The lowest BCUT2D eigenvalue weighted by Crippen LogP contribution is -2.05. The van der Waals surface area contributed by atoms with Crippen molar-refractivity contribution in [3.63, 3.8) is 0 Å². The van der Waals surface area contributed by atoms with Gasteiger partial charge in [0, 0.05) is 49.2 Å². The van der Waals surface area contributed by atoms with Crippen LogP contribution in [0, 0.1) is 0 Å². The van der Waals surface area contributed by atoms with Crippen molar-refractivity contribution in [2.75, 3.05) is 0 Å². The summed E-state index contributed by atoms with van der Waals surface area (Å²) in [6.07, 6.45) is 6.09. The Bertz CT molecular complexity index is 4190. The standard InChI is InChI=1S/C62H42N2O2/c1-2-16-42-36-56-51(35-41(42)15-1)60-46-20-6-4-14-40(46)29-33-54(60)64(56)55-34-31-49(61-50-22-8-10-26-58(50)66-62(55)61)53-24-12-18-39(45-23-11-17-38-13-3-5-19-44(38)45)28-32-52(63-53)43-27-30-48-47-21-7-9-25-57(47)65-59(48)37-43/h1-11,13-17,19-23,25-27,29-37,39H,12,18,24,28H2/b52-32+,63-53+. The molecule has 0 radical (unpaired) electrons. The Balaban J connectivity index is 0.994. The first kappa shape index (κ1) is 37.2. The van der Waals surface area contributed by atoms with E-state index in [1.54, 1.807) is 0 Å². The van der Waals surface area contributed by atoms with Gasteiger partial charge in [0.2, 0.25) is 0 Å². The maximum atomic E-state index is 7.09. The van der Waals surface area contributed by atoms with Crippen LogP contribution in [0.1, 0.15) is 48.3 Å². The Morgan fingerprint density at radius 1 is 0.470 bits per heavy atom. The molecule has 10 aromatic carbocycles. The molecular formula is C62H42N2O2. The van der Waals surface area contributed by atoms with E-state index in [2.05, 4.69) is 193 Å². The van der Waals surface area contributed by atoms with Crippen molar-refractivity contribution in [3.8, 4) is 5.69 Å². The van der Waals surface area contributed by atoms with Crippen molar-refractivity contribution in [2.24, 2.45) is 4.99 Å². The van der Waals surface area contributed by atoms with E-state index in [0.29, 0.717) is 5.92 Å². The lowest BCUT2D eigenvalue weighted by Gasteiger charge is -2.18. The Morgan fingerprint density at radius 3 is 2.00 bits per heavy atom. The van der Waals surface area contributed by atoms with Gasteiger partial charge in [-0.25, -0.2) is 0 Å². The van der Waals surface area contributed by atoms with E-state index >= 15 is 0 Å². The molecule has 66 heavy (non-hydrogen) atoms. The van der Waals surface area contributed by atoms with Crippen molar-refractivity contribution in [2.45, 2.75) is 31.6 Å². The van der Waals surface area contributed by atoms with Gasteiger partial charge in [0.05, 0.1) is 22.4 Å². The number of allylic oxidation sites excluding steroid dienone is 1. The molecule has 0 N–H and O–H groups in total. The van der Waals surface area contributed by atoms with Crippen LogP contribution in [0.15, 0.2) is 214 Å². The van der Waals surface area contributed by atoms with E-state index < -0.39 is 0 Å². The van der Waals surface area contributed by atoms with Crippen LogP contribution >= 0.6 is 0 Å². The second-order valence-corrected chi connectivity index (χ2v) is 18.0. The zero-order chi connectivity index (χ0) is 43.3. The highest BCUT2D eigenvalue weighted by molar-refractivity contribution is 6.25. The number of hydrogen-bond acceptors (Lipinski definition) is 3. The summed E-state index contributed by atoms with van der Waals surface area (Å²) < 4.78 is 16.0. The Morgan fingerprint density at radius 2 is 1.15 bits per heavy atom. The average Bonchev–Trinajstić information content (AvgIpc) is 4.06. The number of aromatic nitrogens is 1. The third kappa shape index (κ3) is 5.74. The Kier molecular flexibility index (Phi) is 8.26. The van der Waals surface area contributed by atoms with E-state index in [0.717, 1.165) is 109 Å². The second-order valence-electron chi connectivity index (χ2n) is 18.0. The molecule has 4 heteroatoms. The van der Waals surface area contributed by atoms with Gasteiger partial charge in [0.15, 0.2) is 5.58 Å². The maximum Gasteiger partial charge on any atom is 0.160 e. The summed E-state index contributed by atoms with van der Waals surface area (Å²) in [7, 11) is 0. The molecule has 1 aliphatic rings. The van der Waals surface area contributed by atoms with Gasteiger partial charge in [-0.05, 0) is 118 Å². The predicted molar refractivity (Wildman–Crippen MR) is 276 cm³/mol. The summed E-state index contributed by atoms with van der Waals surface area (Å²) in [6.45, 7) is 0. The van der Waals surface area contributed by atoms with E-state index in [-0.39, 0.29) is 0 Å². The highest BCUT2D eigenvalue weighted by Gasteiger charge is 2.25. The first-order valence-electron chi connectivity index (χ1n) is 23.2. The summed E-state index contributed by atoms with van der Waals surface area (Å²) in [5.41, 5.74) is 12.4. The SMILES string of the molecule is C1=C(c2ccc3c(c2)oc2ccccc23)/N=C(/c2ccc(-n3c4cc5ccccc5cc4c4c5ccccc5ccc43)c3oc4ccccc4c23)CCCC(c2cccc3ccccc23)C/1. The van der Waals surface area contributed by atoms with Crippen molar-refractivity contribution in [3.05, 3.63) is 217 Å². The normalized spacial score (nSPS) is 16.6. The first-order valence-corrected chi connectivity index (χ1v) is 23.2. The van der Waals surface area contributed by atoms with Crippen LogP contribution in [0.4, 0.5) is 0 Å². The molecule has 13 aromatic rings. The zero-order valence-corrected chi connectivity index (χ0v) is 36.2. The molecule has 4 heterocycles. The largest absolute Gasteiger partial charge is 0.456 e. The van der Waals surface area contributed by atoms with Crippen molar-refractivity contribution in [1.29, 1.82) is 0 Å².